The van der Waals surface area contributed by atoms with Crippen molar-refractivity contribution in [2.75, 3.05) is 5.32 Å². The number of alkyl halides is 3. The Bertz CT molecular complexity index is 1060. The predicted molar refractivity (Wildman–Crippen MR) is 95.1 cm³/mol. The summed E-state index contributed by atoms with van der Waals surface area (Å²) in [6, 6.07) is 8.85. The fourth-order valence-electron chi connectivity index (χ4n) is 2.39. The summed E-state index contributed by atoms with van der Waals surface area (Å²) in [4.78, 5) is 15.6. The number of anilines is 1. The van der Waals surface area contributed by atoms with Crippen LogP contribution in [0.3, 0.4) is 0 Å². The zero-order valence-electron chi connectivity index (χ0n) is 15.0. The number of nitrogens with one attached hydrogen (secondary N) is 1. The van der Waals surface area contributed by atoms with Crippen LogP contribution >= 0.6 is 0 Å². The molecule has 1 amide bonds. The molecule has 1 heterocycles. The molecule has 0 radical (unpaired) electrons. The molecular formula is C17H13F4N7O2. The lowest BCUT2D eigenvalue weighted by Crippen LogP contribution is -2.17. The smallest absolute Gasteiger partial charge is 0.406 e. The second-order valence-electron chi connectivity index (χ2n) is 5.72. The number of rotatable bonds is 6. The lowest BCUT2D eigenvalue weighted by Gasteiger charge is -2.09. The van der Waals surface area contributed by atoms with E-state index >= 15 is 0 Å². The monoisotopic (exact) mass is 423 g/mol. The first-order valence-corrected chi connectivity index (χ1v) is 8.20. The molecule has 1 aromatic heterocycles. The molecule has 0 saturated heterocycles. The number of ether oxygens (including phenoxy) is 1. The Balaban J connectivity index is 1.63. The third-order valence-electron chi connectivity index (χ3n) is 3.67. The number of hydrogen-bond donors (Lipinski definition) is 2. The van der Waals surface area contributed by atoms with E-state index in [1.807, 2.05) is 0 Å². The first kappa shape index (κ1) is 20.7. The van der Waals surface area contributed by atoms with Gasteiger partial charge in [0.1, 0.15) is 17.9 Å². The zero-order valence-corrected chi connectivity index (χ0v) is 15.0. The van der Waals surface area contributed by atoms with Gasteiger partial charge in [0.15, 0.2) is 5.82 Å². The van der Waals surface area contributed by atoms with Crippen LogP contribution in [0.1, 0.15) is 16.2 Å². The molecule has 0 fully saturated rings. The van der Waals surface area contributed by atoms with Crippen molar-refractivity contribution in [1.82, 2.24) is 14.8 Å². The van der Waals surface area contributed by atoms with Gasteiger partial charge in [0.05, 0.1) is 17.8 Å². The van der Waals surface area contributed by atoms with E-state index in [-0.39, 0.29) is 17.9 Å². The molecule has 0 aliphatic carbocycles. The normalized spacial score (nSPS) is 11.6. The summed E-state index contributed by atoms with van der Waals surface area (Å²) in [5, 5.41) is 12.9. The molecule has 3 rings (SSSR count). The number of carbonyl (C=O) groups excluding carboxylic acids is 1. The van der Waals surface area contributed by atoms with E-state index in [0.717, 1.165) is 18.2 Å². The molecule has 0 saturated carbocycles. The Labute approximate surface area is 166 Å². The number of nitrogens with two attached hydrogens (primary N) is 1. The van der Waals surface area contributed by atoms with Gasteiger partial charge in [0.2, 0.25) is 0 Å². The second kappa shape index (κ2) is 8.55. The molecule has 0 atom stereocenters. The summed E-state index contributed by atoms with van der Waals surface area (Å²) < 4.78 is 55.8. The molecule has 0 unspecified atom stereocenters. The van der Waals surface area contributed by atoms with Gasteiger partial charge in [-0.05, 0) is 42.5 Å². The van der Waals surface area contributed by atoms with Crippen LogP contribution in [0.2, 0.25) is 0 Å². The topological polar surface area (TPSA) is 120 Å². The maximum absolute atomic E-state index is 14.0. The average Bonchev–Trinajstić information content (AvgIpc) is 3.15. The van der Waals surface area contributed by atoms with Gasteiger partial charge in [-0.15, -0.1) is 18.3 Å². The molecule has 3 aromatic rings. The Hall–Kier alpha value is -4.03. The maximum Gasteiger partial charge on any atom is 0.573 e. The Morgan fingerprint density at radius 2 is 1.93 bits per heavy atom. The minimum absolute atomic E-state index is 0.123. The summed E-state index contributed by atoms with van der Waals surface area (Å²) in [5.74, 6) is 3.03. The molecule has 3 N–H and O–H groups in total. The summed E-state index contributed by atoms with van der Waals surface area (Å²) in [7, 11) is 0. The third kappa shape index (κ3) is 5.27. The van der Waals surface area contributed by atoms with Crippen LogP contribution in [-0.2, 0) is 6.54 Å². The van der Waals surface area contributed by atoms with Crippen molar-refractivity contribution >= 4 is 11.6 Å². The highest BCUT2D eigenvalue weighted by Gasteiger charge is 2.31. The third-order valence-corrected chi connectivity index (χ3v) is 3.67. The van der Waals surface area contributed by atoms with Gasteiger partial charge in [-0.2, -0.15) is 0 Å². The maximum atomic E-state index is 14.0. The number of halogens is 4. The van der Waals surface area contributed by atoms with Gasteiger partial charge in [0, 0.05) is 5.69 Å². The molecule has 0 spiro atoms. The first-order valence-electron chi connectivity index (χ1n) is 8.20. The van der Waals surface area contributed by atoms with Crippen LogP contribution in [0.5, 0.6) is 5.75 Å². The van der Waals surface area contributed by atoms with Gasteiger partial charge in [-0.1, -0.05) is 10.3 Å². The van der Waals surface area contributed by atoms with E-state index in [1.54, 1.807) is 0 Å². The SMILES string of the molecule is NN=NC(=O)c1ccc(NCc2ncn(-c3ccc(OC(F)(F)F)cc3)n2)cc1F. The van der Waals surface area contributed by atoms with Gasteiger partial charge >= 0.3 is 6.36 Å². The number of hydrogen-bond acceptors (Lipinski definition) is 6. The van der Waals surface area contributed by atoms with Crippen molar-refractivity contribution in [3.8, 4) is 11.4 Å². The van der Waals surface area contributed by atoms with E-state index in [1.165, 1.54) is 35.3 Å². The largest absolute Gasteiger partial charge is 0.573 e. The van der Waals surface area contributed by atoms with Crippen molar-refractivity contribution in [2.24, 2.45) is 16.2 Å². The van der Waals surface area contributed by atoms with E-state index < -0.39 is 18.1 Å². The molecule has 0 aliphatic rings. The number of aromatic nitrogens is 3. The molecule has 30 heavy (non-hydrogen) atoms. The summed E-state index contributed by atoms with van der Waals surface area (Å²) in [6.45, 7) is 0.123. The van der Waals surface area contributed by atoms with Gasteiger partial charge in [0.25, 0.3) is 5.91 Å². The van der Waals surface area contributed by atoms with Crippen LogP contribution in [0.4, 0.5) is 23.2 Å². The first-order chi connectivity index (χ1) is 14.2. The van der Waals surface area contributed by atoms with E-state index in [0.29, 0.717) is 17.2 Å². The highest BCUT2D eigenvalue weighted by atomic mass is 19.4. The van der Waals surface area contributed by atoms with Crippen molar-refractivity contribution in [1.29, 1.82) is 0 Å². The minimum atomic E-state index is -4.77. The van der Waals surface area contributed by atoms with E-state index in [9.17, 15) is 22.4 Å². The van der Waals surface area contributed by atoms with Crippen LogP contribution < -0.4 is 15.9 Å². The van der Waals surface area contributed by atoms with Crippen LogP contribution in [0, 0.1) is 5.82 Å². The molecule has 0 aliphatic heterocycles. The lowest BCUT2D eigenvalue weighted by molar-refractivity contribution is -0.274. The molecule has 9 nitrogen and oxygen atoms in total. The van der Waals surface area contributed by atoms with Crippen molar-refractivity contribution < 1.29 is 27.1 Å². The van der Waals surface area contributed by atoms with Crippen LogP contribution in [0.15, 0.2) is 59.1 Å². The van der Waals surface area contributed by atoms with E-state index in [2.05, 4.69) is 30.5 Å². The quantitative estimate of drug-likeness (QED) is 0.271. The highest BCUT2D eigenvalue weighted by Crippen LogP contribution is 2.23. The summed E-state index contributed by atoms with van der Waals surface area (Å²) in [5.41, 5.74) is 0.542. The molecule has 2 aromatic carbocycles. The number of nitrogens with zero attached hydrogens (tertiary/aromatic N) is 5. The number of carbonyl (C=O) groups is 1. The number of amides is 1. The fourth-order valence-corrected chi connectivity index (χ4v) is 2.39. The lowest BCUT2D eigenvalue weighted by atomic mass is 10.2. The number of benzene rings is 2. The summed E-state index contributed by atoms with van der Waals surface area (Å²) >= 11 is 0. The highest BCUT2D eigenvalue weighted by molar-refractivity contribution is 5.95. The summed E-state index contributed by atoms with van der Waals surface area (Å²) in [6.07, 6.45) is -3.40. The van der Waals surface area contributed by atoms with Gasteiger partial charge < -0.3 is 15.9 Å². The van der Waals surface area contributed by atoms with Crippen molar-refractivity contribution in [2.45, 2.75) is 12.9 Å². The van der Waals surface area contributed by atoms with Crippen molar-refractivity contribution in [3.63, 3.8) is 0 Å². The van der Waals surface area contributed by atoms with Crippen molar-refractivity contribution in [3.05, 3.63) is 66.0 Å². The Morgan fingerprint density at radius 3 is 2.57 bits per heavy atom. The standard InChI is InChI=1S/C17H13F4N7O2/c18-14-7-10(1-6-13(14)16(29)25-27-22)23-8-15-24-9-28(26-15)11-2-4-12(5-3-11)30-17(19,20)21/h1-7,9,23H,8H2,(H2,22,25,29). The Morgan fingerprint density at radius 1 is 1.20 bits per heavy atom. The molecule has 156 valence electrons. The predicted octanol–water partition coefficient (Wildman–Crippen LogP) is 3.38. The van der Waals surface area contributed by atoms with Gasteiger partial charge in [-0.3, -0.25) is 4.79 Å². The van der Waals surface area contributed by atoms with Crippen LogP contribution in [-0.4, -0.2) is 27.0 Å². The van der Waals surface area contributed by atoms with E-state index in [4.69, 9.17) is 5.84 Å². The molecule has 0 bridgehead atoms. The second-order valence-corrected chi connectivity index (χ2v) is 5.72. The average molecular weight is 423 g/mol. The van der Waals surface area contributed by atoms with Crippen LogP contribution in [0.25, 0.3) is 5.69 Å². The Kier molecular flexibility index (Phi) is 5.90. The molecular weight excluding hydrogens is 410 g/mol. The molecule has 13 heteroatoms. The van der Waals surface area contributed by atoms with Gasteiger partial charge in [-0.25, -0.2) is 14.1 Å². The fraction of sp³-hybridized carbons (Fsp3) is 0.118. The zero-order chi connectivity index (χ0) is 21.7. The minimum Gasteiger partial charge on any atom is -0.406 e.